The molecule has 2 aliphatic heterocycles. The number of aryl methyl sites for hydroxylation is 1. The molecule has 2 saturated heterocycles. The Bertz CT molecular complexity index is 595. The summed E-state index contributed by atoms with van der Waals surface area (Å²) in [6.45, 7) is 1.84. The Kier molecular flexibility index (Phi) is 3.27. The van der Waals surface area contributed by atoms with Crippen LogP contribution in [-0.2, 0) is 10.0 Å². The van der Waals surface area contributed by atoms with Crippen molar-refractivity contribution < 1.29 is 13.5 Å². The quantitative estimate of drug-likeness (QED) is 0.805. The average molecular weight is 296 g/mol. The first-order valence-corrected chi connectivity index (χ1v) is 8.40. The highest BCUT2D eigenvalue weighted by Gasteiger charge is 2.46. The van der Waals surface area contributed by atoms with Crippen LogP contribution in [0.5, 0.6) is 0 Å². The van der Waals surface area contributed by atoms with Gasteiger partial charge in [0, 0.05) is 17.8 Å². The van der Waals surface area contributed by atoms with Gasteiger partial charge in [-0.05, 0) is 56.4 Å². The van der Waals surface area contributed by atoms with Gasteiger partial charge in [-0.2, -0.15) is 4.31 Å². The Morgan fingerprint density at radius 1 is 1.20 bits per heavy atom. The second-order valence-electron chi connectivity index (χ2n) is 5.92. The number of nitrogens with zero attached hydrogens (tertiary/aromatic N) is 1. The van der Waals surface area contributed by atoms with Gasteiger partial charge in [-0.3, -0.25) is 0 Å². The second-order valence-corrected chi connectivity index (χ2v) is 7.77. The molecule has 2 fully saturated rings. The summed E-state index contributed by atoms with van der Waals surface area (Å²) in [7, 11) is -3.52. The van der Waals surface area contributed by atoms with Gasteiger partial charge in [0.25, 0.3) is 0 Å². The fourth-order valence-electron chi connectivity index (χ4n) is 3.54. The fraction of sp³-hybridized carbons (Fsp3) is 0.571. The molecular formula is C14H20N2O3S. The normalized spacial score (nSPS) is 30.6. The average Bonchev–Trinajstić information content (AvgIpc) is 2.62. The maximum absolute atomic E-state index is 12.8. The molecule has 0 aliphatic carbocycles. The number of sulfonamides is 1. The number of nitrogens with two attached hydrogens (primary N) is 1. The number of benzene rings is 1. The van der Waals surface area contributed by atoms with Crippen molar-refractivity contribution in [2.45, 2.75) is 55.7 Å². The first-order chi connectivity index (χ1) is 9.38. The number of anilines is 1. The third kappa shape index (κ3) is 2.21. The van der Waals surface area contributed by atoms with E-state index < -0.39 is 10.0 Å². The molecule has 3 rings (SSSR count). The van der Waals surface area contributed by atoms with E-state index in [9.17, 15) is 13.5 Å². The predicted molar refractivity (Wildman–Crippen MR) is 76.7 cm³/mol. The third-order valence-electron chi connectivity index (χ3n) is 4.29. The minimum atomic E-state index is -3.52. The van der Waals surface area contributed by atoms with E-state index in [0.717, 1.165) is 18.4 Å². The smallest absolute Gasteiger partial charge is 0.243 e. The van der Waals surface area contributed by atoms with Crippen LogP contribution in [0.25, 0.3) is 0 Å². The summed E-state index contributed by atoms with van der Waals surface area (Å²) in [6, 6.07) is 4.79. The highest BCUT2D eigenvalue weighted by Crippen LogP contribution is 2.40. The molecule has 5 nitrogen and oxygen atoms in total. The largest absolute Gasteiger partial charge is 0.399 e. The number of hydrogen-bond donors (Lipinski definition) is 2. The van der Waals surface area contributed by atoms with E-state index in [2.05, 4.69) is 0 Å². The number of fused-ring (bicyclic) bond motifs is 2. The van der Waals surface area contributed by atoms with Gasteiger partial charge in [0.2, 0.25) is 10.0 Å². The molecule has 2 bridgehead atoms. The van der Waals surface area contributed by atoms with Crippen LogP contribution in [0.1, 0.15) is 31.2 Å². The number of aliphatic hydroxyl groups excluding tert-OH is 1. The van der Waals surface area contributed by atoms with E-state index in [1.54, 1.807) is 16.4 Å². The van der Waals surface area contributed by atoms with Crippen molar-refractivity contribution in [2.24, 2.45) is 0 Å². The third-order valence-corrected chi connectivity index (χ3v) is 6.27. The molecule has 3 N–H and O–H groups in total. The molecule has 20 heavy (non-hydrogen) atoms. The lowest BCUT2D eigenvalue weighted by molar-refractivity contribution is 0.0769. The van der Waals surface area contributed by atoms with Gasteiger partial charge in [0.05, 0.1) is 11.0 Å². The Balaban J connectivity index is 2.00. The summed E-state index contributed by atoms with van der Waals surface area (Å²) in [5.74, 6) is 0. The summed E-state index contributed by atoms with van der Waals surface area (Å²) in [5, 5.41) is 9.79. The molecule has 0 radical (unpaired) electrons. The molecular weight excluding hydrogens is 276 g/mol. The van der Waals surface area contributed by atoms with Gasteiger partial charge >= 0.3 is 0 Å². The first kappa shape index (κ1) is 13.9. The Hall–Kier alpha value is -1.11. The van der Waals surface area contributed by atoms with Crippen molar-refractivity contribution in [3.05, 3.63) is 23.8 Å². The fourth-order valence-corrected chi connectivity index (χ4v) is 5.58. The van der Waals surface area contributed by atoms with E-state index >= 15 is 0 Å². The maximum Gasteiger partial charge on any atom is 0.243 e. The monoisotopic (exact) mass is 296 g/mol. The van der Waals surface area contributed by atoms with Gasteiger partial charge in [-0.1, -0.05) is 0 Å². The number of rotatable bonds is 2. The highest BCUT2D eigenvalue weighted by atomic mass is 32.2. The number of nitrogen functional groups attached to an aromatic ring is 1. The Morgan fingerprint density at radius 2 is 1.80 bits per heavy atom. The van der Waals surface area contributed by atoms with Crippen molar-refractivity contribution in [1.82, 2.24) is 4.31 Å². The van der Waals surface area contributed by atoms with Crippen LogP contribution in [0.3, 0.4) is 0 Å². The zero-order valence-electron chi connectivity index (χ0n) is 11.5. The SMILES string of the molecule is Cc1cc(N)cc(S(=O)(=O)N2C3CCC2CC(O)C3)c1. The molecule has 1 aromatic carbocycles. The second kappa shape index (κ2) is 4.72. The maximum atomic E-state index is 12.8. The molecule has 1 aromatic rings. The van der Waals surface area contributed by atoms with Gasteiger partial charge in [-0.25, -0.2) is 8.42 Å². The van der Waals surface area contributed by atoms with Crippen molar-refractivity contribution in [2.75, 3.05) is 5.73 Å². The van der Waals surface area contributed by atoms with Crippen molar-refractivity contribution >= 4 is 15.7 Å². The lowest BCUT2D eigenvalue weighted by atomic mass is 10.0. The molecule has 2 unspecified atom stereocenters. The van der Waals surface area contributed by atoms with E-state index in [4.69, 9.17) is 5.73 Å². The molecule has 0 aromatic heterocycles. The number of aliphatic hydroxyl groups is 1. The van der Waals surface area contributed by atoms with E-state index in [-0.39, 0.29) is 23.1 Å². The van der Waals surface area contributed by atoms with Gasteiger partial charge in [0.15, 0.2) is 0 Å². The summed E-state index contributed by atoms with van der Waals surface area (Å²) in [5.41, 5.74) is 7.08. The van der Waals surface area contributed by atoms with Crippen LogP contribution in [-0.4, -0.2) is 36.0 Å². The number of piperidine rings is 1. The van der Waals surface area contributed by atoms with E-state index in [1.807, 2.05) is 6.92 Å². The molecule has 2 aliphatic rings. The molecule has 0 amide bonds. The van der Waals surface area contributed by atoms with Gasteiger partial charge in [-0.15, -0.1) is 0 Å². The Morgan fingerprint density at radius 3 is 2.35 bits per heavy atom. The van der Waals surface area contributed by atoms with Crippen LogP contribution in [0, 0.1) is 6.92 Å². The molecule has 0 saturated carbocycles. The van der Waals surface area contributed by atoms with E-state index in [0.29, 0.717) is 18.5 Å². The van der Waals surface area contributed by atoms with Crippen LogP contribution in [0.2, 0.25) is 0 Å². The highest BCUT2D eigenvalue weighted by molar-refractivity contribution is 7.89. The predicted octanol–water partition coefficient (Wildman–Crippen LogP) is 1.25. The molecule has 110 valence electrons. The lowest BCUT2D eigenvalue weighted by Crippen LogP contribution is -2.47. The summed E-state index contributed by atoms with van der Waals surface area (Å²) < 4.78 is 27.3. The number of hydrogen-bond acceptors (Lipinski definition) is 4. The van der Waals surface area contributed by atoms with Crippen molar-refractivity contribution in [3.8, 4) is 0 Å². The van der Waals surface area contributed by atoms with Crippen molar-refractivity contribution in [1.29, 1.82) is 0 Å². The first-order valence-electron chi connectivity index (χ1n) is 6.96. The van der Waals surface area contributed by atoms with Gasteiger partial charge < -0.3 is 10.8 Å². The van der Waals surface area contributed by atoms with Crippen LogP contribution < -0.4 is 5.73 Å². The van der Waals surface area contributed by atoms with Crippen LogP contribution in [0.15, 0.2) is 23.1 Å². The summed E-state index contributed by atoms with van der Waals surface area (Å²) in [4.78, 5) is 0.267. The van der Waals surface area contributed by atoms with Crippen molar-refractivity contribution in [3.63, 3.8) is 0 Å². The Labute approximate surface area is 119 Å². The summed E-state index contributed by atoms with van der Waals surface area (Å²) >= 11 is 0. The van der Waals surface area contributed by atoms with Gasteiger partial charge in [0.1, 0.15) is 0 Å². The van der Waals surface area contributed by atoms with Crippen LogP contribution in [0.4, 0.5) is 5.69 Å². The van der Waals surface area contributed by atoms with E-state index in [1.165, 1.54) is 6.07 Å². The topological polar surface area (TPSA) is 83.6 Å². The minimum absolute atomic E-state index is 0.0736. The zero-order valence-corrected chi connectivity index (χ0v) is 12.3. The molecule has 2 atom stereocenters. The minimum Gasteiger partial charge on any atom is -0.399 e. The molecule has 6 heteroatoms. The molecule has 2 heterocycles. The molecule has 0 spiro atoms. The summed E-state index contributed by atoms with van der Waals surface area (Å²) in [6.07, 6.45) is 2.37. The standard InChI is InChI=1S/C14H20N2O3S/c1-9-4-10(15)6-14(5-9)20(18,19)16-11-2-3-12(16)8-13(17)7-11/h4-6,11-13,17H,2-3,7-8,15H2,1H3. The van der Waals surface area contributed by atoms with Crippen LogP contribution >= 0.6 is 0 Å². The lowest BCUT2D eigenvalue weighted by Gasteiger charge is -2.36. The zero-order chi connectivity index (χ0) is 14.5.